The van der Waals surface area contributed by atoms with Crippen LogP contribution in [0.4, 0.5) is 13.2 Å². The Morgan fingerprint density at radius 1 is 1.21 bits per heavy atom. The van der Waals surface area contributed by atoms with Crippen LogP contribution in [-0.4, -0.2) is 13.3 Å². The quantitative estimate of drug-likeness (QED) is 0.744. The molecule has 1 aromatic carbocycles. The SMILES string of the molecule is COc1ccc(C(Br)C(F)(F)F)cc1. The van der Waals surface area contributed by atoms with Gasteiger partial charge < -0.3 is 4.74 Å². The van der Waals surface area contributed by atoms with Crippen LogP contribution in [0, 0.1) is 0 Å². The lowest BCUT2D eigenvalue weighted by molar-refractivity contribution is -0.128. The number of ether oxygens (including phenoxy) is 1. The van der Waals surface area contributed by atoms with E-state index in [1.807, 2.05) is 0 Å². The molecule has 0 aromatic heterocycles. The lowest BCUT2D eigenvalue weighted by atomic mass is 10.1. The third-order valence-corrected chi connectivity index (χ3v) is 2.74. The molecular formula is C9H8BrF3O. The van der Waals surface area contributed by atoms with E-state index in [9.17, 15) is 13.2 Å². The molecule has 0 heterocycles. The molecule has 1 rings (SSSR count). The van der Waals surface area contributed by atoms with E-state index in [1.54, 1.807) is 0 Å². The van der Waals surface area contributed by atoms with Crippen LogP contribution in [0.3, 0.4) is 0 Å². The maximum atomic E-state index is 12.2. The van der Waals surface area contributed by atoms with Gasteiger partial charge in [0.05, 0.1) is 7.11 Å². The zero-order valence-corrected chi connectivity index (χ0v) is 8.89. The highest BCUT2D eigenvalue weighted by Crippen LogP contribution is 2.39. The smallest absolute Gasteiger partial charge is 0.405 e. The minimum Gasteiger partial charge on any atom is -0.497 e. The van der Waals surface area contributed by atoms with E-state index < -0.39 is 11.0 Å². The molecule has 1 atom stereocenters. The maximum Gasteiger partial charge on any atom is 0.405 e. The summed E-state index contributed by atoms with van der Waals surface area (Å²) < 4.78 is 41.6. The molecule has 0 fully saturated rings. The summed E-state index contributed by atoms with van der Waals surface area (Å²) in [5.74, 6) is 0.538. The van der Waals surface area contributed by atoms with Gasteiger partial charge in [-0.1, -0.05) is 28.1 Å². The Bertz CT molecular complexity index is 294. The van der Waals surface area contributed by atoms with Crippen molar-refractivity contribution in [1.29, 1.82) is 0 Å². The Kier molecular flexibility index (Phi) is 3.42. The third-order valence-electron chi connectivity index (χ3n) is 1.70. The number of alkyl halides is 4. The van der Waals surface area contributed by atoms with Crippen molar-refractivity contribution in [2.45, 2.75) is 11.0 Å². The van der Waals surface area contributed by atoms with E-state index in [0.717, 1.165) is 0 Å². The molecule has 0 aliphatic rings. The van der Waals surface area contributed by atoms with Gasteiger partial charge in [-0.15, -0.1) is 0 Å². The van der Waals surface area contributed by atoms with E-state index in [4.69, 9.17) is 4.74 Å². The van der Waals surface area contributed by atoms with E-state index in [1.165, 1.54) is 31.4 Å². The first-order valence-electron chi connectivity index (χ1n) is 3.80. The predicted molar refractivity (Wildman–Crippen MR) is 50.7 cm³/mol. The molecule has 1 unspecified atom stereocenters. The van der Waals surface area contributed by atoms with Crippen LogP contribution in [-0.2, 0) is 0 Å². The van der Waals surface area contributed by atoms with Crippen LogP contribution < -0.4 is 4.74 Å². The van der Waals surface area contributed by atoms with E-state index in [-0.39, 0.29) is 5.56 Å². The Labute approximate surface area is 88.0 Å². The first-order chi connectivity index (χ1) is 6.45. The average molecular weight is 269 g/mol. The van der Waals surface area contributed by atoms with Gasteiger partial charge in [0.1, 0.15) is 10.6 Å². The summed E-state index contributed by atoms with van der Waals surface area (Å²) in [6.07, 6.45) is -4.27. The highest BCUT2D eigenvalue weighted by atomic mass is 79.9. The zero-order chi connectivity index (χ0) is 10.8. The van der Waals surface area contributed by atoms with Crippen molar-refractivity contribution < 1.29 is 17.9 Å². The molecule has 0 aliphatic carbocycles. The fraction of sp³-hybridized carbons (Fsp3) is 0.333. The molecule has 0 spiro atoms. The summed E-state index contributed by atoms with van der Waals surface area (Å²) in [6.45, 7) is 0. The average Bonchev–Trinajstić information content (AvgIpc) is 2.15. The second-order valence-corrected chi connectivity index (χ2v) is 3.59. The van der Waals surface area contributed by atoms with Crippen molar-refractivity contribution in [2.75, 3.05) is 7.11 Å². The van der Waals surface area contributed by atoms with Gasteiger partial charge in [-0.3, -0.25) is 0 Å². The summed E-state index contributed by atoms with van der Waals surface area (Å²) in [5, 5.41) is 0. The maximum absolute atomic E-state index is 12.2. The van der Waals surface area contributed by atoms with Crippen molar-refractivity contribution in [3.63, 3.8) is 0 Å². The molecule has 0 bridgehead atoms. The van der Waals surface area contributed by atoms with Crippen LogP contribution in [0.5, 0.6) is 5.75 Å². The first-order valence-corrected chi connectivity index (χ1v) is 4.71. The van der Waals surface area contributed by atoms with Crippen LogP contribution in [0.2, 0.25) is 0 Å². The lowest BCUT2D eigenvalue weighted by Gasteiger charge is -2.14. The van der Waals surface area contributed by atoms with Crippen LogP contribution in [0.1, 0.15) is 10.4 Å². The molecular weight excluding hydrogens is 261 g/mol. The lowest BCUT2D eigenvalue weighted by Crippen LogP contribution is -2.14. The first kappa shape index (κ1) is 11.4. The molecule has 0 amide bonds. The van der Waals surface area contributed by atoms with Crippen LogP contribution >= 0.6 is 15.9 Å². The summed E-state index contributed by atoms with van der Waals surface area (Å²) in [4.78, 5) is -1.62. The molecule has 5 heteroatoms. The number of hydrogen-bond donors (Lipinski definition) is 0. The molecule has 0 N–H and O–H groups in total. The van der Waals surface area contributed by atoms with Gasteiger partial charge in [-0.2, -0.15) is 13.2 Å². The van der Waals surface area contributed by atoms with Gasteiger partial charge in [0.2, 0.25) is 0 Å². The van der Waals surface area contributed by atoms with Gasteiger partial charge in [0.25, 0.3) is 0 Å². The van der Waals surface area contributed by atoms with Crippen molar-refractivity contribution in [3.8, 4) is 5.75 Å². The number of hydrogen-bond acceptors (Lipinski definition) is 1. The molecule has 78 valence electrons. The van der Waals surface area contributed by atoms with E-state index in [0.29, 0.717) is 5.75 Å². The summed E-state index contributed by atoms with van der Waals surface area (Å²) in [7, 11) is 1.46. The standard InChI is InChI=1S/C9H8BrF3O/c1-14-7-4-2-6(3-5-7)8(10)9(11,12)13/h2-5,8H,1H3. The van der Waals surface area contributed by atoms with Gasteiger partial charge in [-0.05, 0) is 17.7 Å². The van der Waals surface area contributed by atoms with Crippen molar-refractivity contribution in [2.24, 2.45) is 0 Å². The molecule has 1 aromatic rings. The Morgan fingerprint density at radius 2 is 1.71 bits per heavy atom. The number of halogens is 4. The zero-order valence-electron chi connectivity index (χ0n) is 7.31. The highest BCUT2D eigenvalue weighted by molar-refractivity contribution is 9.09. The minimum atomic E-state index is -4.27. The molecule has 0 radical (unpaired) electrons. The van der Waals surface area contributed by atoms with Gasteiger partial charge in [-0.25, -0.2) is 0 Å². The number of benzene rings is 1. The van der Waals surface area contributed by atoms with Crippen LogP contribution in [0.15, 0.2) is 24.3 Å². The molecule has 0 saturated carbocycles. The van der Waals surface area contributed by atoms with Gasteiger partial charge >= 0.3 is 6.18 Å². The Hall–Kier alpha value is -0.710. The summed E-state index contributed by atoms with van der Waals surface area (Å²) >= 11 is 2.59. The van der Waals surface area contributed by atoms with Crippen LogP contribution in [0.25, 0.3) is 0 Å². The van der Waals surface area contributed by atoms with E-state index >= 15 is 0 Å². The Balaban J connectivity index is 2.87. The summed E-state index contributed by atoms with van der Waals surface area (Å²) in [5.41, 5.74) is 0.165. The molecule has 1 nitrogen and oxygen atoms in total. The highest BCUT2D eigenvalue weighted by Gasteiger charge is 2.38. The summed E-state index contributed by atoms with van der Waals surface area (Å²) in [6, 6.07) is 5.75. The number of rotatable bonds is 2. The second kappa shape index (κ2) is 4.21. The normalized spacial score (nSPS) is 13.8. The monoisotopic (exact) mass is 268 g/mol. The molecule has 14 heavy (non-hydrogen) atoms. The Morgan fingerprint density at radius 3 is 2.07 bits per heavy atom. The topological polar surface area (TPSA) is 9.23 Å². The van der Waals surface area contributed by atoms with E-state index in [2.05, 4.69) is 15.9 Å². The van der Waals surface area contributed by atoms with Crippen molar-refractivity contribution in [3.05, 3.63) is 29.8 Å². The number of methoxy groups -OCH3 is 1. The fourth-order valence-corrected chi connectivity index (χ4v) is 1.27. The predicted octanol–water partition coefficient (Wildman–Crippen LogP) is 3.69. The van der Waals surface area contributed by atoms with Gasteiger partial charge in [0, 0.05) is 0 Å². The fourth-order valence-electron chi connectivity index (χ4n) is 0.962. The molecule has 0 saturated heterocycles. The van der Waals surface area contributed by atoms with Crippen molar-refractivity contribution >= 4 is 15.9 Å². The molecule has 0 aliphatic heterocycles. The largest absolute Gasteiger partial charge is 0.497 e. The third kappa shape index (κ3) is 2.64. The van der Waals surface area contributed by atoms with Crippen molar-refractivity contribution in [1.82, 2.24) is 0 Å². The van der Waals surface area contributed by atoms with Gasteiger partial charge in [0.15, 0.2) is 0 Å². The minimum absolute atomic E-state index is 0.165. The second-order valence-electron chi connectivity index (χ2n) is 2.68.